The summed E-state index contributed by atoms with van der Waals surface area (Å²) in [6.45, 7) is 0. The van der Waals surface area contributed by atoms with Crippen LogP contribution in [0.1, 0.15) is 32.1 Å². The van der Waals surface area contributed by atoms with Crippen LogP contribution in [0, 0.1) is 6.08 Å². The Labute approximate surface area is 68.3 Å². The third kappa shape index (κ3) is 1.45. The summed E-state index contributed by atoms with van der Waals surface area (Å²) in [4.78, 5) is 0. The van der Waals surface area contributed by atoms with Crippen LogP contribution in [0.2, 0.25) is 0 Å². The van der Waals surface area contributed by atoms with Gasteiger partial charge in [0.15, 0.2) is 0 Å². The van der Waals surface area contributed by atoms with Crippen LogP contribution in [-0.2, 0) is 0 Å². The minimum atomic E-state index is 1.17. The van der Waals surface area contributed by atoms with Crippen molar-refractivity contribution >= 4 is 0 Å². The van der Waals surface area contributed by atoms with Gasteiger partial charge in [0.1, 0.15) is 0 Å². The van der Waals surface area contributed by atoms with E-state index in [9.17, 15) is 0 Å². The summed E-state index contributed by atoms with van der Waals surface area (Å²) in [6.07, 6.45) is 16.2. The summed E-state index contributed by atoms with van der Waals surface area (Å²) in [7, 11) is 0. The smallest absolute Gasteiger partial charge is 0.0130 e. The van der Waals surface area contributed by atoms with Gasteiger partial charge in [-0.1, -0.05) is 23.8 Å². The van der Waals surface area contributed by atoms with Gasteiger partial charge in [0.2, 0.25) is 0 Å². The average molecular weight is 145 g/mol. The first kappa shape index (κ1) is 6.90. The molecule has 0 saturated heterocycles. The lowest BCUT2D eigenvalue weighted by Gasteiger charge is -2.15. The third-order valence-electron chi connectivity index (χ3n) is 2.44. The van der Waals surface area contributed by atoms with Crippen molar-refractivity contribution in [1.29, 1.82) is 0 Å². The Hall–Kier alpha value is -0.780. The van der Waals surface area contributed by atoms with Crippen LogP contribution < -0.4 is 0 Å². The number of allylic oxidation sites excluding steroid dienone is 6. The lowest BCUT2D eigenvalue weighted by molar-refractivity contribution is 0.671. The second-order valence-corrected chi connectivity index (χ2v) is 3.23. The summed E-state index contributed by atoms with van der Waals surface area (Å²) < 4.78 is 0. The Morgan fingerprint density at radius 3 is 3.09 bits per heavy atom. The molecule has 0 heterocycles. The monoisotopic (exact) mass is 145 g/mol. The van der Waals surface area contributed by atoms with E-state index in [1.54, 1.807) is 5.57 Å². The minimum Gasteiger partial charge on any atom is -0.0804 e. The number of rotatable bonds is 0. The molecule has 0 amide bonds. The van der Waals surface area contributed by atoms with E-state index in [1.807, 2.05) is 6.08 Å². The van der Waals surface area contributed by atoms with Crippen LogP contribution in [0.15, 0.2) is 29.4 Å². The number of hydrogen-bond donors (Lipinski definition) is 0. The van der Waals surface area contributed by atoms with E-state index in [0.717, 1.165) is 0 Å². The van der Waals surface area contributed by atoms with Crippen molar-refractivity contribution in [2.24, 2.45) is 0 Å². The molecule has 0 fully saturated rings. The Morgan fingerprint density at radius 2 is 2.09 bits per heavy atom. The Balaban J connectivity index is 2.26. The predicted octanol–water partition coefficient (Wildman–Crippen LogP) is 3.18. The first-order valence-electron chi connectivity index (χ1n) is 4.42. The third-order valence-corrected chi connectivity index (χ3v) is 2.44. The molecule has 0 aliphatic heterocycles. The van der Waals surface area contributed by atoms with Crippen molar-refractivity contribution < 1.29 is 0 Å². The van der Waals surface area contributed by atoms with E-state index < -0.39 is 0 Å². The van der Waals surface area contributed by atoms with Gasteiger partial charge < -0.3 is 0 Å². The molecule has 0 N–H and O–H groups in total. The van der Waals surface area contributed by atoms with Crippen LogP contribution in [0.5, 0.6) is 0 Å². The van der Waals surface area contributed by atoms with Gasteiger partial charge in [0.05, 0.1) is 0 Å². The lowest BCUT2D eigenvalue weighted by Crippen LogP contribution is -1.96. The molecule has 0 unspecified atom stereocenters. The van der Waals surface area contributed by atoms with Gasteiger partial charge in [0.25, 0.3) is 0 Å². The van der Waals surface area contributed by atoms with Crippen LogP contribution >= 0.6 is 0 Å². The van der Waals surface area contributed by atoms with Crippen molar-refractivity contribution in [1.82, 2.24) is 0 Å². The largest absolute Gasteiger partial charge is 0.0804 e. The van der Waals surface area contributed by atoms with Gasteiger partial charge in [-0.25, -0.2) is 0 Å². The zero-order valence-corrected chi connectivity index (χ0v) is 6.77. The zero-order valence-electron chi connectivity index (χ0n) is 6.77. The van der Waals surface area contributed by atoms with Crippen molar-refractivity contribution in [3.63, 3.8) is 0 Å². The Kier molecular flexibility index (Phi) is 1.93. The van der Waals surface area contributed by atoms with Crippen molar-refractivity contribution in [3.8, 4) is 0 Å². The van der Waals surface area contributed by atoms with Crippen LogP contribution in [0.25, 0.3) is 0 Å². The van der Waals surface area contributed by atoms with Crippen molar-refractivity contribution in [2.45, 2.75) is 32.1 Å². The molecule has 1 radical (unpaired) electrons. The molecule has 2 rings (SSSR count). The van der Waals surface area contributed by atoms with E-state index in [2.05, 4.69) is 18.2 Å². The topological polar surface area (TPSA) is 0 Å². The van der Waals surface area contributed by atoms with Gasteiger partial charge in [-0.15, -0.1) is 0 Å². The minimum absolute atomic E-state index is 1.17. The van der Waals surface area contributed by atoms with Gasteiger partial charge >= 0.3 is 0 Å². The van der Waals surface area contributed by atoms with Crippen molar-refractivity contribution in [2.75, 3.05) is 0 Å². The molecule has 2 aliphatic rings. The molecular weight excluding hydrogens is 132 g/mol. The fourth-order valence-corrected chi connectivity index (χ4v) is 1.79. The van der Waals surface area contributed by atoms with E-state index >= 15 is 0 Å². The summed E-state index contributed by atoms with van der Waals surface area (Å²) in [5, 5.41) is 0. The normalized spacial score (nSPS) is 23.3. The second-order valence-electron chi connectivity index (χ2n) is 3.23. The van der Waals surface area contributed by atoms with E-state index in [1.165, 1.54) is 37.7 Å². The van der Waals surface area contributed by atoms with Gasteiger partial charge in [-0.3, -0.25) is 0 Å². The molecular formula is C11H13. The van der Waals surface area contributed by atoms with Crippen LogP contribution in [0.3, 0.4) is 0 Å². The maximum atomic E-state index is 3.35. The highest BCUT2D eigenvalue weighted by molar-refractivity contribution is 5.29. The van der Waals surface area contributed by atoms with Crippen LogP contribution in [0.4, 0.5) is 0 Å². The van der Waals surface area contributed by atoms with Gasteiger partial charge in [-0.05, 0) is 43.8 Å². The highest BCUT2D eigenvalue weighted by Gasteiger charge is 2.09. The van der Waals surface area contributed by atoms with E-state index in [4.69, 9.17) is 0 Å². The summed E-state index contributed by atoms with van der Waals surface area (Å²) in [5.41, 5.74) is 3.11. The molecule has 0 atom stereocenters. The predicted molar refractivity (Wildman–Crippen MR) is 47.1 cm³/mol. The molecule has 0 spiro atoms. The summed E-state index contributed by atoms with van der Waals surface area (Å²) in [6, 6.07) is 0. The molecule has 57 valence electrons. The lowest BCUT2D eigenvalue weighted by atomic mass is 9.90. The first-order chi connectivity index (χ1) is 5.47. The molecule has 0 aromatic rings. The molecule has 0 bridgehead atoms. The van der Waals surface area contributed by atoms with Crippen molar-refractivity contribution in [3.05, 3.63) is 35.5 Å². The second kappa shape index (κ2) is 3.08. The highest BCUT2D eigenvalue weighted by atomic mass is 14.1. The molecule has 2 aliphatic carbocycles. The zero-order chi connectivity index (χ0) is 7.52. The average Bonchev–Trinajstić information content (AvgIpc) is 2.28. The maximum absolute atomic E-state index is 3.35. The first-order valence-corrected chi connectivity index (χ1v) is 4.42. The Morgan fingerprint density at radius 1 is 1.18 bits per heavy atom. The highest BCUT2D eigenvalue weighted by Crippen LogP contribution is 2.28. The SMILES string of the molecule is [C]1=CC=CCC2=C1CCCC2. The fraction of sp³-hybridized carbons (Fsp3) is 0.455. The fourth-order valence-electron chi connectivity index (χ4n) is 1.79. The standard InChI is InChI=1S/C11H13/c1-2-6-10-8-4-5-9-11(10)7-3-1/h1-3H,4-6,8-9H2. The maximum Gasteiger partial charge on any atom is -0.0130 e. The molecule has 11 heavy (non-hydrogen) atoms. The van der Waals surface area contributed by atoms with Gasteiger partial charge in [-0.2, -0.15) is 0 Å². The van der Waals surface area contributed by atoms with E-state index in [0.29, 0.717) is 0 Å². The number of hydrogen-bond acceptors (Lipinski definition) is 0. The quantitative estimate of drug-likeness (QED) is 0.491. The van der Waals surface area contributed by atoms with Gasteiger partial charge in [0, 0.05) is 0 Å². The summed E-state index contributed by atoms with van der Waals surface area (Å²) in [5.74, 6) is 0. The molecule has 0 nitrogen and oxygen atoms in total. The van der Waals surface area contributed by atoms with Crippen LogP contribution in [-0.4, -0.2) is 0 Å². The summed E-state index contributed by atoms with van der Waals surface area (Å²) >= 11 is 0. The molecule has 0 heteroatoms. The molecule has 0 aromatic heterocycles. The molecule has 0 aromatic carbocycles. The van der Waals surface area contributed by atoms with E-state index in [-0.39, 0.29) is 0 Å². The Bertz CT molecular complexity index is 228. The molecule has 0 saturated carbocycles.